The Balaban J connectivity index is 0.00000180. The van der Waals surface area contributed by atoms with Crippen LogP contribution in [0, 0.1) is 5.82 Å². The summed E-state index contributed by atoms with van der Waals surface area (Å²) in [5.74, 6) is 1.12. The summed E-state index contributed by atoms with van der Waals surface area (Å²) in [6.07, 6.45) is 0. The van der Waals surface area contributed by atoms with Crippen LogP contribution in [0.5, 0.6) is 0 Å². The number of benzene rings is 1. The van der Waals surface area contributed by atoms with Crippen LogP contribution < -0.4 is 17.7 Å². The van der Waals surface area contributed by atoms with E-state index < -0.39 is 5.82 Å². The Morgan fingerprint density at radius 1 is 1.26 bits per heavy atom. The Bertz CT molecular complexity index is 540. The Morgan fingerprint density at radius 2 is 2.00 bits per heavy atom. The lowest BCUT2D eigenvalue weighted by molar-refractivity contribution is -0.00000493. The summed E-state index contributed by atoms with van der Waals surface area (Å²) in [6.45, 7) is 4.82. The van der Waals surface area contributed by atoms with Gasteiger partial charge in [0, 0.05) is 11.6 Å². The molecule has 0 aliphatic heterocycles. The largest absolute Gasteiger partial charge is 1.00 e. The van der Waals surface area contributed by atoms with Crippen molar-refractivity contribution in [2.45, 2.75) is 26.4 Å². The minimum atomic E-state index is -0.423. The molecule has 0 unspecified atom stereocenters. The van der Waals surface area contributed by atoms with Gasteiger partial charge in [-0.1, -0.05) is 25.4 Å². The van der Waals surface area contributed by atoms with E-state index in [2.05, 4.69) is 19.2 Å². The van der Waals surface area contributed by atoms with Crippen LogP contribution >= 0.6 is 11.6 Å². The number of nitrogens with one attached hydrogen (secondary N) is 1. The van der Waals surface area contributed by atoms with Gasteiger partial charge in [0.1, 0.15) is 17.3 Å². The van der Waals surface area contributed by atoms with E-state index in [4.69, 9.17) is 16.0 Å². The summed E-state index contributed by atoms with van der Waals surface area (Å²) >= 11 is 5.74. The lowest BCUT2D eigenvalue weighted by Gasteiger charge is -2.05. The van der Waals surface area contributed by atoms with Gasteiger partial charge in [0.15, 0.2) is 0 Å². The van der Waals surface area contributed by atoms with Crippen LogP contribution in [0.25, 0.3) is 11.3 Å². The van der Waals surface area contributed by atoms with E-state index in [1.165, 1.54) is 6.07 Å². The first kappa shape index (κ1) is 16.0. The van der Waals surface area contributed by atoms with Crippen LogP contribution in [0.2, 0.25) is 5.02 Å². The Morgan fingerprint density at radius 3 is 2.63 bits per heavy atom. The standard InChI is InChI=1S/C14H15ClFNO.ClH/c1-9(2)17-8-11-4-6-14(18-11)10-3-5-13(16)12(15)7-10;/h3-7,9,17H,8H2,1-2H3;1H/p-1. The van der Waals surface area contributed by atoms with Gasteiger partial charge in [-0.25, -0.2) is 4.39 Å². The van der Waals surface area contributed by atoms with Crippen LogP contribution in [0.1, 0.15) is 19.6 Å². The quantitative estimate of drug-likeness (QED) is 0.919. The third-order valence-electron chi connectivity index (χ3n) is 2.55. The lowest BCUT2D eigenvalue weighted by Crippen LogP contribution is -3.00. The third kappa shape index (κ3) is 4.23. The van der Waals surface area contributed by atoms with Crippen LogP contribution in [-0.2, 0) is 6.54 Å². The highest BCUT2D eigenvalue weighted by molar-refractivity contribution is 6.31. The highest BCUT2D eigenvalue weighted by atomic mass is 35.5. The number of rotatable bonds is 4. The highest BCUT2D eigenvalue weighted by Gasteiger charge is 2.07. The molecule has 0 aliphatic rings. The third-order valence-corrected chi connectivity index (χ3v) is 2.84. The zero-order valence-electron chi connectivity index (χ0n) is 10.7. The zero-order valence-corrected chi connectivity index (χ0v) is 12.2. The van der Waals surface area contributed by atoms with Gasteiger partial charge in [0.25, 0.3) is 0 Å². The van der Waals surface area contributed by atoms with E-state index in [1.807, 2.05) is 12.1 Å². The smallest absolute Gasteiger partial charge is 0.141 e. The van der Waals surface area contributed by atoms with Crippen molar-refractivity contribution in [1.29, 1.82) is 0 Å². The molecule has 0 amide bonds. The zero-order chi connectivity index (χ0) is 13.1. The van der Waals surface area contributed by atoms with Gasteiger partial charge in [-0.15, -0.1) is 0 Å². The number of furan rings is 1. The number of halogens is 3. The summed E-state index contributed by atoms with van der Waals surface area (Å²) in [7, 11) is 0. The van der Waals surface area contributed by atoms with Crippen molar-refractivity contribution in [2.24, 2.45) is 0 Å². The molecule has 2 nitrogen and oxygen atoms in total. The monoisotopic (exact) mass is 302 g/mol. The van der Waals surface area contributed by atoms with Gasteiger partial charge >= 0.3 is 0 Å². The average Bonchev–Trinajstić information content (AvgIpc) is 2.79. The van der Waals surface area contributed by atoms with E-state index in [9.17, 15) is 4.39 Å². The summed E-state index contributed by atoms with van der Waals surface area (Å²) in [4.78, 5) is 0. The van der Waals surface area contributed by atoms with E-state index in [-0.39, 0.29) is 17.4 Å². The SMILES string of the molecule is CC(C)NCc1ccc(-c2ccc(F)c(Cl)c2)o1.[Cl-]. The maximum absolute atomic E-state index is 13.1. The summed E-state index contributed by atoms with van der Waals surface area (Å²) in [5, 5.41) is 3.37. The molecular weight excluding hydrogens is 288 g/mol. The van der Waals surface area contributed by atoms with Crippen molar-refractivity contribution < 1.29 is 21.2 Å². The van der Waals surface area contributed by atoms with Gasteiger partial charge in [0.2, 0.25) is 0 Å². The van der Waals surface area contributed by atoms with Crippen LogP contribution in [0.4, 0.5) is 4.39 Å². The lowest BCUT2D eigenvalue weighted by atomic mass is 10.2. The first-order valence-electron chi connectivity index (χ1n) is 5.84. The maximum Gasteiger partial charge on any atom is 0.141 e. The molecule has 1 aromatic heterocycles. The Hall–Kier alpha value is -1.03. The number of hydrogen-bond donors (Lipinski definition) is 1. The molecule has 5 heteroatoms. The van der Waals surface area contributed by atoms with Crippen molar-refractivity contribution in [2.75, 3.05) is 0 Å². The second-order valence-electron chi connectivity index (χ2n) is 4.43. The van der Waals surface area contributed by atoms with Crippen molar-refractivity contribution in [3.8, 4) is 11.3 Å². The predicted octanol–water partition coefficient (Wildman–Crippen LogP) is 1.24. The minimum absolute atomic E-state index is 0. The predicted molar refractivity (Wildman–Crippen MR) is 71.1 cm³/mol. The Labute approximate surface area is 123 Å². The Kier molecular flexibility index (Phi) is 5.85. The van der Waals surface area contributed by atoms with Gasteiger partial charge in [-0.05, 0) is 30.3 Å². The van der Waals surface area contributed by atoms with Crippen LogP contribution in [0.3, 0.4) is 0 Å². The molecule has 0 fully saturated rings. The molecule has 0 spiro atoms. The molecule has 0 atom stereocenters. The summed E-state index contributed by atoms with van der Waals surface area (Å²) < 4.78 is 18.7. The molecule has 1 heterocycles. The summed E-state index contributed by atoms with van der Waals surface area (Å²) in [5.41, 5.74) is 0.775. The minimum Gasteiger partial charge on any atom is -1.00 e. The normalized spacial score (nSPS) is 10.6. The van der Waals surface area contributed by atoms with Gasteiger partial charge in [-0.3, -0.25) is 0 Å². The highest BCUT2D eigenvalue weighted by Crippen LogP contribution is 2.26. The fourth-order valence-electron chi connectivity index (χ4n) is 1.58. The average molecular weight is 303 g/mol. The molecule has 0 bridgehead atoms. The molecule has 0 radical (unpaired) electrons. The van der Waals surface area contributed by atoms with Crippen molar-refractivity contribution in [1.82, 2.24) is 5.32 Å². The molecule has 2 aromatic rings. The van der Waals surface area contributed by atoms with E-state index in [0.29, 0.717) is 18.3 Å². The van der Waals surface area contributed by atoms with Gasteiger partial charge in [-0.2, -0.15) is 0 Å². The molecule has 1 aromatic carbocycles. The fourth-order valence-corrected chi connectivity index (χ4v) is 1.76. The second-order valence-corrected chi connectivity index (χ2v) is 4.84. The van der Waals surface area contributed by atoms with Crippen LogP contribution in [-0.4, -0.2) is 6.04 Å². The molecular formula is C14H15Cl2FNO-. The summed E-state index contributed by atoms with van der Waals surface area (Å²) in [6, 6.07) is 8.73. The second kappa shape index (κ2) is 6.94. The van der Waals surface area contributed by atoms with E-state index in [1.54, 1.807) is 12.1 Å². The van der Waals surface area contributed by atoms with Gasteiger partial charge in [0.05, 0.1) is 11.6 Å². The molecule has 0 aliphatic carbocycles. The van der Waals surface area contributed by atoms with Crippen molar-refractivity contribution in [3.63, 3.8) is 0 Å². The molecule has 0 saturated carbocycles. The molecule has 2 rings (SSSR count). The maximum atomic E-state index is 13.1. The molecule has 19 heavy (non-hydrogen) atoms. The topological polar surface area (TPSA) is 25.2 Å². The van der Waals surface area contributed by atoms with Gasteiger partial charge < -0.3 is 22.1 Å². The van der Waals surface area contributed by atoms with Crippen LogP contribution in [0.15, 0.2) is 34.7 Å². The first-order chi connectivity index (χ1) is 8.56. The fraction of sp³-hybridized carbons (Fsp3) is 0.286. The van der Waals surface area contributed by atoms with E-state index >= 15 is 0 Å². The first-order valence-corrected chi connectivity index (χ1v) is 6.21. The molecule has 0 saturated heterocycles. The molecule has 104 valence electrons. The number of hydrogen-bond acceptors (Lipinski definition) is 2. The van der Waals surface area contributed by atoms with Crippen molar-refractivity contribution >= 4 is 11.6 Å². The van der Waals surface area contributed by atoms with E-state index in [0.717, 1.165) is 11.3 Å². The molecule has 1 N–H and O–H groups in total. The van der Waals surface area contributed by atoms with Crippen molar-refractivity contribution in [3.05, 3.63) is 46.9 Å².